The first-order valence-electron chi connectivity index (χ1n) is 5.22. The highest BCUT2D eigenvalue weighted by atomic mass is 15.5. The first kappa shape index (κ1) is 11.0. The Morgan fingerprint density at radius 3 is 2.57 bits per heavy atom. The number of hydrogen-bond donors (Lipinski definition) is 0. The van der Waals surface area contributed by atoms with Crippen LogP contribution in [0.2, 0.25) is 0 Å². The third kappa shape index (κ3) is 2.47. The predicted molar refractivity (Wildman–Crippen MR) is 58.6 cm³/mol. The quantitative estimate of drug-likeness (QED) is 0.671. The van der Waals surface area contributed by atoms with Crippen LogP contribution in [-0.4, -0.2) is 29.1 Å². The second kappa shape index (κ2) is 4.98. The smallest absolute Gasteiger partial charge is 0.149 e. The number of nitrogens with zero attached hydrogens (tertiary/aromatic N) is 4. The molecule has 0 unspecified atom stereocenters. The van der Waals surface area contributed by atoms with E-state index in [1.807, 2.05) is 25.8 Å². The zero-order valence-corrected chi connectivity index (χ0v) is 9.62. The molecule has 0 aromatic carbocycles. The summed E-state index contributed by atoms with van der Waals surface area (Å²) in [6, 6.07) is 0. The van der Waals surface area contributed by atoms with Gasteiger partial charge < -0.3 is 4.90 Å². The van der Waals surface area contributed by atoms with E-state index in [1.165, 1.54) is 19.3 Å². The fraction of sp³-hybridized carbons (Fsp3) is 0.800. The second-order valence-electron chi connectivity index (χ2n) is 3.83. The summed E-state index contributed by atoms with van der Waals surface area (Å²) in [5.74, 6) is 1.13. The number of anilines is 1. The minimum absolute atomic E-state index is 1.04. The molecule has 0 aliphatic rings. The summed E-state index contributed by atoms with van der Waals surface area (Å²) in [6.45, 7) is 2.21. The first-order chi connectivity index (χ1) is 6.66. The summed E-state index contributed by atoms with van der Waals surface area (Å²) in [7, 11) is 6.00. The molecule has 1 aromatic rings. The molecule has 0 atom stereocenters. The van der Waals surface area contributed by atoms with Crippen LogP contribution >= 0.6 is 0 Å². The van der Waals surface area contributed by atoms with Crippen LogP contribution in [0.25, 0.3) is 0 Å². The van der Waals surface area contributed by atoms with Crippen LogP contribution in [0, 0.1) is 0 Å². The average Bonchev–Trinajstić information content (AvgIpc) is 2.47. The van der Waals surface area contributed by atoms with Crippen molar-refractivity contribution in [3.05, 3.63) is 5.69 Å². The standard InChI is InChI=1S/C10H20N4/c1-5-6-7-8-9-10(13(2)3)14(4)12-11-9/h5-8H2,1-4H3. The van der Waals surface area contributed by atoms with Crippen molar-refractivity contribution < 1.29 is 0 Å². The summed E-state index contributed by atoms with van der Waals surface area (Å²) in [5.41, 5.74) is 1.12. The number of unbranched alkanes of at least 4 members (excludes halogenated alkanes) is 2. The minimum Gasteiger partial charge on any atom is -0.361 e. The van der Waals surface area contributed by atoms with Crippen molar-refractivity contribution in [1.29, 1.82) is 0 Å². The molecule has 0 spiro atoms. The van der Waals surface area contributed by atoms with Crippen molar-refractivity contribution in [3.63, 3.8) is 0 Å². The van der Waals surface area contributed by atoms with E-state index >= 15 is 0 Å². The van der Waals surface area contributed by atoms with Crippen LogP contribution in [0.5, 0.6) is 0 Å². The van der Waals surface area contributed by atoms with Gasteiger partial charge >= 0.3 is 0 Å². The van der Waals surface area contributed by atoms with Crippen LogP contribution in [0.1, 0.15) is 31.9 Å². The Kier molecular flexibility index (Phi) is 3.92. The van der Waals surface area contributed by atoms with E-state index in [0.717, 1.165) is 17.9 Å². The molecule has 0 aliphatic carbocycles. The Morgan fingerprint density at radius 2 is 2.00 bits per heavy atom. The Morgan fingerprint density at radius 1 is 1.29 bits per heavy atom. The molecule has 0 radical (unpaired) electrons. The molecule has 1 heterocycles. The summed E-state index contributed by atoms with van der Waals surface area (Å²) in [6.07, 6.45) is 4.76. The maximum absolute atomic E-state index is 4.18. The van der Waals surface area contributed by atoms with Gasteiger partial charge in [-0.1, -0.05) is 25.0 Å². The van der Waals surface area contributed by atoms with Crippen molar-refractivity contribution in [3.8, 4) is 0 Å². The molecule has 0 fully saturated rings. The lowest BCUT2D eigenvalue weighted by Gasteiger charge is -2.13. The topological polar surface area (TPSA) is 34.0 Å². The largest absolute Gasteiger partial charge is 0.361 e. The lowest BCUT2D eigenvalue weighted by atomic mass is 10.1. The predicted octanol–water partition coefficient (Wildman–Crippen LogP) is 1.61. The van der Waals surface area contributed by atoms with Crippen LogP contribution in [0.15, 0.2) is 0 Å². The van der Waals surface area contributed by atoms with E-state index in [2.05, 4.69) is 22.1 Å². The Hall–Kier alpha value is -1.06. The van der Waals surface area contributed by atoms with Gasteiger partial charge in [0.25, 0.3) is 0 Å². The van der Waals surface area contributed by atoms with Crippen molar-refractivity contribution in [2.45, 2.75) is 32.6 Å². The molecule has 4 nitrogen and oxygen atoms in total. The molecule has 0 bridgehead atoms. The third-order valence-corrected chi connectivity index (χ3v) is 2.30. The number of aryl methyl sites for hydroxylation is 2. The average molecular weight is 196 g/mol. The SMILES string of the molecule is CCCCCc1nnn(C)c1N(C)C. The summed E-state index contributed by atoms with van der Waals surface area (Å²) in [4.78, 5) is 2.07. The maximum Gasteiger partial charge on any atom is 0.149 e. The summed E-state index contributed by atoms with van der Waals surface area (Å²) < 4.78 is 1.83. The van der Waals surface area contributed by atoms with Crippen LogP contribution in [-0.2, 0) is 13.5 Å². The Balaban J connectivity index is 2.66. The van der Waals surface area contributed by atoms with Gasteiger partial charge in [-0.2, -0.15) is 0 Å². The van der Waals surface area contributed by atoms with Gasteiger partial charge in [-0.15, -0.1) is 5.10 Å². The highest BCUT2D eigenvalue weighted by Crippen LogP contribution is 2.16. The van der Waals surface area contributed by atoms with Crippen LogP contribution in [0.3, 0.4) is 0 Å². The summed E-state index contributed by atoms with van der Waals surface area (Å²) in [5, 5.41) is 8.22. The number of aromatic nitrogens is 3. The van der Waals surface area contributed by atoms with E-state index in [4.69, 9.17) is 0 Å². The van der Waals surface area contributed by atoms with Crippen molar-refractivity contribution in [1.82, 2.24) is 15.0 Å². The minimum atomic E-state index is 1.04. The number of rotatable bonds is 5. The highest BCUT2D eigenvalue weighted by Gasteiger charge is 2.11. The summed E-state index contributed by atoms with van der Waals surface area (Å²) >= 11 is 0. The van der Waals surface area contributed by atoms with Gasteiger partial charge in [-0.3, -0.25) is 0 Å². The van der Waals surface area contributed by atoms with Gasteiger partial charge in [-0.05, 0) is 12.8 Å². The second-order valence-corrected chi connectivity index (χ2v) is 3.83. The normalized spacial score (nSPS) is 10.6. The lowest BCUT2D eigenvalue weighted by Crippen LogP contribution is -2.15. The van der Waals surface area contributed by atoms with Crippen LogP contribution < -0.4 is 4.90 Å². The molecule has 4 heteroatoms. The third-order valence-electron chi connectivity index (χ3n) is 2.30. The fourth-order valence-electron chi connectivity index (χ4n) is 1.65. The first-order valence-corrected chi connectivity index (χ1v) is 5.22. The van der Waals surface area contributed by atoms with Crippen molar-refractivity contribution in [2.75, 3.05) is 19.0 Å². The molecule has 0 amide bonds. The van der Waals surface area contributed by atoms with Gasteiger partial charge in [-0.25, -0.2) is 4.68 Å². The Bertz CT molecular complexity index is 278. The lowest BCUT2D eigenvalue weighted by molar-refractivity contribution is 0.696. The molecule has 0 saturated carbocycles. The molecule has 14 heavy (non-hydrogen) atoms. The molecule has 1 aromatic heterocycles. The van der Waals surface area contributed by atoms with Gasteiger partial charge in [0, 0.05) is 21.1 Å². The molecule has 0 N–H and O–H groups in total. The fourth-order valence-corrected chi connectivity index (χ4v) is 1.65. The molecular weight excluding hydrogens is 176 g/mol. The van der Waals surface area contributed by atoms with Crippen molar-refractivity contribution >= 4 is 5.82 Å². The monoisotopic (exact) mass is 196 g/mol. The van der Waals surface area contributed by atoms with E-state index < -0.39 is 0 Å². The van der Waals surface area contributed by atoms with Crippen molar-refractivity contribution in [2.24, 2.45) is 7.05 Å². The van der Waals surface area contributed by atoms with Gasteiger partial charge in [0.2, 0.25) is 0 Å². The maximum atomic E-state index is 4.18. The molecule has 80 valence electrons. The molecule has 0 aliphatic heterocycles. The van der Waals surface area contributed by atoms with E-state index in [0.29, 0.717) is 0 Å². The molecule has 1 rings (SSSR count). The highest BCUT2D eigenvalue weighted by molar-refractivity contribution is 5.41. The van der Waals surface area contributed by atoms with E-state index in [1.54, 1.807) is 0 Å². The number of hydrogen-bond acceptors (Lipinski definition) is 3. The zero-order chi connectivity index (χ0) is 10.6. The van der Waals surface area contributed by atoms with Gasteiger partial charge in [0.1, 0.15) is 11.5 Å². The van der Waals surface area contributed by atoms with E-state index in [9.17, 15) is 0 Å². The molecular formula is C10H20N4. The van der Waals surface area contributed by atoms with Gasteiger partial charge in [0.05, 0.1) is 0 Å². The molecule has 0 saturated heterocycles. The Labute approximate surface area is 85.9 Å². The zero-order valence-electron chi connectivity index (χ0n) is 9.62. The van der Waals surface area contributed by atoms with E-state index in [-0.39, 0.29) is 0 Å². The van der Waals surface area contributed by atoms with Gasteiger partial charge in [0.15, 0.2) is 0 Å². The van der Waals surface area contributed by atoms with Crippen LogP contribution in [0.4, 0.5) is 5.82 Å².